The van der Waals surface area contributed by atoms with Crippen LogP contribution in [-0.4, -0.2) is 74.3 Å². The maximum Gasteiger partial charge on any atom is 0.472 e. The average Bonchev–Trinajstić information content (AvgIpc) is 3.27. The third-order valence-electron chi connectivity index (χ3n) is 12.6. The Morgan fingerprint density at radius 3 is 1.29 bits per heavy atom. The smallest absolute Gasteiger partial charge is 0.456 e. The SMILES string of the molecule is CCCCCCCC/C=C/CCCCCCCCCC(=O)NC(COP(=O)(O)OCC[N+](C)(C)C)C(/C=C\CCCCCCCCCCCC)OC(=O)CCCCCCCCCCCCC. The molecule has 1 amide bonds. The van der Waals surface area contributed by atoms with Gasteiger partial charge in [-0.3, -0.25) is 18.6 Å². The molecule has 0 fully saturated rings. The van der Waals surface area contributed by atoms with Crippen LogP contribution in [0.4, 0.5) is 0 Å². The monoisotopic (exact) mass is 954 g/mol. The molecule has 0 radical (unpaired) electrons. The molecule has 10 heteroatoms. The Morgan fingerprint density at radius 1 is 0.515 bits per heavy atom. The Bertz CT molecular complexity index is 1190. The van der Waals surface area contributed by atoms with Gasteiger partial charge in [0, 0.05) is 12.8 Å². The fourth-order valence-electron chi connectivity index (χ4n) is 8.23. The molecule has 0 bridgehead atoms. The van der Waals surface area contributed by atoms with E-state index in [1.54, 1.807) is 0 Å². The highest BCUT2D eigenvalue weighted by Gasteiger charge is 2.30. The summed E-state index contributed by atoms with van der Waals surface area (Å²) in [6.07, 6.45) is 53.1. The summed E-state index contributed by atoms with van der Waals surface area (Å²) in [6.45, 7) is 7.01. The normalized spacial score (nSPS) is 14.0. The van der Waals surface area contributed by atoms with Gasteiger partial charge in [-0.05, 0) is 57.4 Å². The van der Waals surface area contributed by atoms with Gasteiger partial charge < -0.3 is 19.4 Å². The molecule has 2 N–H and O–H groups in total. The maximum atomic E-state index is 13.5. The molecule has 0 saturated carbocycles. The van der Waals surface area contributed by atoms with Gasteiger partial charge in [0.15, 0.2) is 0 Å². The number of rotatable bonds is 51. The largest absolute Gasteiger partial charge is 0.472 e. The van der Waals surface area contributed by atoms with Crippen molar-refractivity contribution in [3.8, 4) is 0 Å². The third-order valence-corrected chi connectivity index (χ3v) is 13.6. The Morgan fingerprint density at radius 2 is 0.879 bits per heavy atom. The first-order chi connectivity index (χ1) is 31.9. The Kier molecular flexibility index (Phi) is 46.1. The van der Waals surface area contributed by atoms with E-state index >= 15 is 0 Å². The van der Waals surface area contributed by atoms with Crippen LogP contribution < -0.4 is 5.32 Å². The molecule has 0 aromatic carbocycles. The molecule has 0 rings (SSSR count). The number of ether oxygens (including phenoxy) is 1. The van der Waals surface area contributed by atoms with Gasteiger partial charge in [-0.2, -0.15) is 0 Å². The topological polar surface area (TPSA) is 111 Å². The first-order valence-electron chi connectivity index (χ1n) is 28.2. The molecule has 3 unspecified atom stereocenters. The van der Waals surface area contributed by atoms with Crippen LogP contribution in [0.1, 0.15) is 271 Å². The second kappa shape index (κ2) is 47.2. The van der Waals surface area contributed by atoms with Crippen molar-refractivity contribution in [3.63, 3.8) is 0 Å². The number of quaternary nitrogens is 1. The second-order valence-corrected chi connectivity index (χ2v) is 21.9. The number of likely N-dealkylation sites (N-methyl/N-ethyl adjacent to an activating group) is 1. The molecule has 9 nitrogen and oxygen atoms in total. The van der Waals surface area contributed by atoms with E-state index in [0.717, 1.165) is 57.8 Å². The van der Waals surface area contributed by atoms with Crippen LogP contribution >= 0.6 is 7.82 Å². The highest BCUT2D eigenvalue weighted by Crippen LogP contribution is 2.43. The molecule has 0 aromatic heterocycles. The number of amides is 1. The summed E-state index contributed by atoms with van der Waals surface area (Å²) in [4.78, 5) is 37.5. The van der Waals surface area contributed by atoms with Crippen LogP contribution in [0.2, 0.25) is 0 Å². The first-order valence-corrected chi connectivity index (χ1v) is 29.7. The van der Waals surface area contributed by atoms with Crippen molar-refractivity contribution in [1.29, 1.82) is 0 Å². The maximum absolute atomic E-state index is 13.5. The van der Waals surface area contributed by atoms with E-state index in [1.165, 1.54) is 180 Å². The van der Waals surface area contributed by atoms with E-state index in [-0.39, 0.29) is 25.1 Å². The number of unbranched alkanes of at least 4 members (excludes halogenated alkanes) is 33. The summed E-state index contributed by atoms with van der Waals surface area (Å²) in [5, 5.41) is 3.05. The van der Waals surface area contributed by atoms with Crippen molar-refractivity contribution in [1.82, 2.24) is 5.32 Å². The number of hydrogen-bond acceptors (Lipinski definition) is 6. The number of nitrogens with one attached hydrogen (secondary N) is 1. The lowest BCUT2D eigenvalue weighted by Crippen LogP contribution is -2.47. The van der Waals surface area contributed by atoms with Gasteiger partial charge in [0.05, 0.1) is 33.8 Å². The van der Waals surface area contributed by atoms with Gasteiger partial charge in [0.25, 0.3) is 0 Å². The Labute approximate surface area is 409 Å². The molecule has 0 aliphatic rings. The fraction of sp³-hybridized carbons (Fsp3) is 0.893. The number of phosphoric ester groups is 1. The standard InChI is InChI=1S/C56H109N2O7P/c1-7-10-13-16-19-22-25-27-28-29-30-31-34-36-39-42-45-48-55(59)57-53(52-64-66(61,62)63-51-50-58(4,5)6)54(47-44-41-38-35-33-26-23-20-17-14-11-8-2)65-56(60)49-46-43-40-37-32-24-21-18-15-12-9-3/h27-28,44,47,53-54H,7-26,29-43,45-46,48-52H2,1-6H3,(H-,57,59,61,62)/p+1/b28-27+,47-44-. The lowest BCUT2D eigenvalue weighted by atomic mass is 10.0. The van der Waals surface area contributed by atoms with E-state index in [1.807, 2.05) is 33.3 Å². The van der Waals surface area contributed by atoms with E-state index in [9.17, 15) is 19.0 Å². The molecule has 390 valence electrons. The predicted octanol–water partition coefficient (Wildman–Crippen LogP) is 16.6. The molecule has 0 aliphatic heterocycles. The van der Waals surface area contributed by atoms with E-state index in [2.05, 4.69) is 38.2 Å². The Hall–Kier alpha value is -1.51. The van der Waals surface area contributed by atoms with E-state index < -0.39 is 20.0 Å². The number of phosphoric acid groups is 1. The number of nitrogens with zero attached hydrogens (tertiary/aromatic N) is 1. The summed E-state index contributed by atoms with van der Waals surface area (Å²) in [7, 11) is 1.50. The van der Waals surface area contributed by atoms with Crippen molar-refractivity contribution in [2.75, 3.05) is 40.9 Å². The zero-order valence-electron chi connectivity index (χ0n) is 44.5. The molecule has 3 atom stereocenters. The minimum atomic E-state index is -4.43. The van der Waals surface area contributed by atoms with Crippen LogP contribution in [0.15, 0.2) is 24.3 Å². The summed E-state index contributed by atoms with van der Waals surface area (Å²) < 4.78 is 30.6. The van der Waals surface area contributed by atoms with Gasteiger partial charge in [-0.1, -0.05) is 225 Å². The molecule has 0 spiro atoms. The summed E-state index contributed by atoms with van der Waals surface area (Å²) in [6, 6.07) is -0.843. The van der Waals surface area contributed by atoms with Gasteiger partial charge in [-0.25, -0.2) is 4.57 Å². The van der Waals surface area contributed by atoms with Gasteiger partial charge in [0.2, 0.25) is 5.91 Å². The quantitative estimate of drug-likeness (QED) is 0.0205. The van der Waals surface area contributed by atoms with Crippen LogP contribution in [-0.2, 0) is 27.9 Å². The van der Waals surface area contributed by atoms with E-state index in [0.29, 0.717) is 23.9 Å². The number of carbonyl (C=O) groups excluding carboxylic acids is 2. The van der Waals surface area contributed by atoms with Gasteiger partial charge in [0.1, 0.15) is 19.3 Å². The number of hydrogen-bond donors (Lipinski definition) is 2. The highest BCUT2D eigenvalue weighted by molar-refractivity contribution is 7.47. The molecule has 0 aliphatic carbocycles. The zero-order valence-corrected chi connectivity index (χ0v) is 45.3. The molecule has 0 heterocycles. The van der Waals surface area contributed by atoms with Crippen LogP contribution in [0.25, 0.3) is 0 Å². The average molecular weight is 954 g/mol. The highest BCUT2D eigenvalue weighted by atomic mass is 31.2. The molecular formula is C56H110N2O7P+. The molecule has 66 heavy (non-hydrogen) atoms. The van der Waals surface area contributed by atoms with Gasteiger partial charge in [-0.15, -0.1) is 0 Å². The third kappa shape index (κ3) is 47.6. The van der Waals surface area contributed by atoms with Crippen molar-refractivity contribution in [3.05, 3.63) is 24.3 Å². The minimum absolute atomic E-state index is 0.0425. The first kappa shape index (κ1) is 64.5. The summed E-state index contributed by atoms with van der Waals surface area (Å²) >= 11 is 0. The number of carbonyl (C=O) groups is 2. The summed E-state index contributed by atoms with van der Waals surface area (Å²) in [5.74, 6) is -0.501. The molecule has 0 saturated heterocycles. The van der Waals surface area contributed by atoms with E-state index in [4.69, 9.17) is 13.8 Å². The zero-order chi connectivity index (χ0) is 48.7. The fourth-order valence-corrected chi connectivity index (χ4v) is 8.96. The van der Waals surface area contributed by atoms with Crippen molar-refractivity contribution in [2.24, 2.45) is 0 Å². The predicted molar refractivity (Wildman–Crippen MR) is 282 cm³/mol. The van der Waals surface area contributed by atoms with Crippen LogP contribution in [0.3, 0.4) is 0 Å². The molecule has 0 aromatic rings. The summed E-state index contributed by atoms with van der Waals surface area (Å²) in [5.41, 5.74) is 0. The van der Waals surface area contributed by atoms with Crippen molar-refractivity contribution >= 4 is 19.7 Å². The van der Waals surface area contributed by atoms with Crippen molar-refractivity contribution in [2.45, 2.75) is 283 Å². The minimum Gasteiger partial charge on any atom is -0.456 e. The molecular weight excluding hydrogens is 844 g/mol. The second-order valence-electron chi connectivity index (χ2n) is 20.5. The van der Waals surface area contributed by atoms with Crippen molar-refractivity contribution < 1.29 is 37.3 Å². The lowest BCUT2D eigenvalue weighted by Gasteiger charge is -2.27. The lowest BCUT2D eigenvalue weighted by molar-refractivity contribution is -0.870. The Balaban J connectivity index is 5.32. The van der Waals surface area contributed by atoms with Gasteiger partial charge >= 0.3 is 13.8 Å². The van der Waals surface area contributed by atoms with Crippen LogP contribution in [0.5, 0.6) is 0 Å². The van der Waals surface area contributed by atoms with Crippen LogP contribution in [0, 0.1) is 0 Å². The number of allylic oxidation sites excluding steroid dienone is 3. The number of esters is 1.